The van der Waals surface area contributed by atoms with Crippen LogP contribution in [-0.4, -0.2) is 25.0 Å². The smallest absolute Gasteiger partial charge is 0.234 e. The molecular formula is C29H52N2O. The topological polar surface area (TPSA) is 41.1 Å². The van der Waals surface area contributed by atoms with Gasteiger partial charge >= 0.3 is 0 Å². The zero-order chi connectivity index (χ0) is 25.1. The van der Waals surface area contributed by atoms with Crippen molar-refractivity contribution in [3.05, 3.63) is 48.6 Å². The molecule has 0 aliphatic rings. The lowest BCUT2D eigenvalue weighted by atomic mass is 9.68. The molecule has 0 radical (unpaired) electrons. The first-order valence-electron chi connectivity index (χ1n) is 12.3. The molecule has 3 nitrogen and oxygen atoms in total. The van der Waals surface area contributed by atoms with Crippen molar-refractivity contribution in [2.45, 2.75) is 94.0 Å². The normalized spacial score (nSPS) is 17.6. The van der Waals surface area contributed by atoms with Gasteiger partial charge in [0.25, 0.3) is 0 Å². The molecule has 0 aliphatic heterocycles. The second-order valence-corrected chi connectivity index (χ2v) is 11.3. The minimum absolute atomic E-state index is 0.0421. The summed E-state index contributed by atoms with van der Waals surface area (Å²) in [5.74, 6) is 0.664. The molecule has 0 saturated carbocycles. The van der Waals surface area contributed by atoms with E-state index in [1.807, 2.05) is 33.0 Å². The number of nitrogens with one attached hydrogen (secondary N) is 2. The summed E-state index contributed by atoms with van der Waals surface area (Å²) in [5.41, 5.74) is -1.16. The highest BCUT2D eigenvalue weighted by Crippen LogP contribution is 2.42. The van der Waals surface area contributed by atoms with Crippen LogP contribution in [0.3, 0.4) is 0 Å². The Morgan fingerprint density at radius 1 is 0.812 bits per heavy atom. The van der Waals surface area contributed by atoms with Crippen LogP contribution in [0, 0.1) is 22.2 Å². The largest absolute Gasteiger partial charge is 0.350 e. The van der Waals surface area contributed by atoms with Crippen molar-refractivity contribution >= 4 is 5.91 Å². The fourth-order valence-electron chi connectivity index (χ4n) is 5.61. The van der Waals surface area contributed by atoms with Crippen LogP contribution in [0.4, 0.5) is 0 Å². The van der Waals surface area contributed by atoms with E-state index in [9.17, 15) is 4.79 Å². The monoisotopic (exact) mass is 444 g/mol. The number of hydrogen-bond donors (Lipinski definition) is 2. The van der Waals surface area contributed by atoms with E-state index in [1.54, 1.807) is 0 Å². The highest BCUT2D eigenvalue weighted by Gasteiger charge is 2.42. The lowest BCUT2D eigenvalue weighted by Crippen LogP contribution is -2.53. The quantitative estimate of drug-likeness (QED) is 0.277. The maximum Gasteiger partial charge on any atom is 0.234 e. The zero-order valence-corrected chi connectivity index (χ0v) is 22.9. The minimum atomic E-state index is -0.661. The molecule has 0 aromatic heterocycles. The Bertz CT molecular complexity index is 653. The maximum atomic E-state index is 13.9. The molecule has 0 heterocycles. The van der Waals surface area contributed by atoms with E-state index in [-0.39, 0.29) is 22.3 Å². The van der Waals surface area contributed by atoms with E-state index in [4.69, 9.17) is 0 Å². The van der Waals surface area contributed by atoms with Crippen LogP contribution >= 0.6 is 0 Å². The van der Waals surface area contributed by atoms with Gasteiger partial charge in [-0.2, -0.15) is 0 Å². The molecule has 0 unspecified atom stereocenters. The number of hydrogen-bond acceptors (Lipinski definition) is 2. The van der Waals surface area contributed by atoms with Crippen LogP contribution in [0.25, 0.3) is 0 Å². The summed E-state index contributed by atoms with van der Waals surface area (Å²) in [5, 5.41) is 6.77. The van der Waals surface area contributed by atoms with Gasteiger partial charge in [0, 0.05) is 17.5 Å². The number of allylic oxidation sites excluding steroid dienone is 4. The lowest BCUT2D eigenvalue weighted by Gasteiger charge is -2.41. The fourth-order valence-corrected chi connectivity index (χ4v) is 5.61. The van der Waals surface area contributed by atoms with Gasteiger partial charge in [-0.3, -0.25) is 4.79 Å². The van der Waals surface area contributed by atoms with E-state index in [0.717, 1.165) is 25.8 Å². The Morgan fingerprint density at radius 3 is 1.66 bits per heavy atom. The van der Waals surface area contributed by atoms with E-state index in [0.29, 0.717) is 5.92 Å². The minimum Gasteiger partial charge on any atom is -0.350 e. The highest BCUT2D eigenvalue weighted by atomic mass is 16.2. The molecule has 32 heavy (non-hydrogen) atoms. The van der Waals surface area contributed by atoms with Gasteiger partial charge in [-0.1, -0.05) is 76.3 Å². The number of carbonyl (C=O) groups excluding carboxylic acids is 1. The van der Waals surface area contributed by atoms with E-state index in [1.165, 1.54) is 0 Å². The van der Waals surface area contributed by atoms with E-state index < -0.39 is 5.41 Å². The van der Waals surface area contributed by atoms with Gasteiger partial charge in [-0.15, -0.1) is 0 Å². The van der Waals surface area contributed by atoms with E-state index >= 15 is 0 Å². The molecular weight excluding hydrogens is 392 g/mol. The van der Waals surface area contributed by atoms with Crippen molar-refractivity contribution < 1.29 is 4.79 Å². The van der Waals surface area contributed by atoms with Crippen LogP contribution in [0.15, 0.2) is 48.6 Å². The molecule has 0 spiro atoms. The third-order valence-corrected chi connectivity index (χ3v) is 5.81. The molecule has 0 saturated heterocycles. The molecule has 0 fully saturated rings. The Kier molecular flexibility index (Phi) is 12.5. The molecule has 0 aromatic carbocycles. The first-order chi connectivity index (χ1) is 14.8. The van der Waals surface area contributed by atoms with Crippen molar-refractivity contribution in [3.63, 3.8) is 0 Å². The van der Waals surface area contributed by atoms with Crippen molar-refractivity contribution in [2.24, 2.45) is 22.2 Å². The van der Waals surface area contributed by atoms with Gasteiger partial charge in [-0.25, -0.2) is 0 Å². The van der Waals surface area contributed by atoms with Gasteiger partial charge in [0.15, 0.2) is 0 Å². The molecule has 0 rings (SSSR count). The van der Waals surface area contributed by atoms with Gasteiger partial charge in [0.05, 0.1) is 5.41 Å². The van der Waals surface area contributed by atoms with Crippen molar-refractivity contribution in [3.8, 4) is 0 Å². The number of carbonyl (C=O) groups is 1. The molecule has 0 aliphatic carbocycles. The van der Waals surface area contributed by atoms with Crippen LogP contribution in [-0.2, 0) is 4.79 Å². The van der Waals surface area contributed by atoms with Crippen molar-refractivity contribution in [1.29, 1.82) is 0 Å². The first-order valence-corrected chi connectivity index (χ1v) is 12.3. The molecule has 2 N–H and O–H groups in total. The molecule has 0 aromatic rings. The molecule has 1 amide bonds. The Balaban J connectivity index is 6.12. The number of amides is 1. The fraction of sp³-hybridized carbons (Fsp3) is 0.690. The van der Waals surface area contributed by atoms with Crippen LogP contribution in [0.1, 0.15) is 88.5 Å². The maximum absolute atomic E-state index is 13.9. The summed E-state index contributed by atoms with van der Waals surface area (Å²) in [6.45, 7) is 22.3. The average molecular weight is 445 g/mol. The summed E-state index contributed by atoms with van der Waals surface area (Å²) in [6, 6.07) is 0. The predicted octanol–water partition coefficient (Wildman–Crippen LogP) is 7.23. The van der Waals surface area contributed by atoms with Crippen LogP contribution < -0.4 is 10.6 Å². The first kappa shape index (κ1) is 30.4. The van der Waals surface area contributed by atoms with Crippen molar-refractivity contribution in [2.75, 3.05) is 13.6 Å². The molecule has 0 atom stereocenters. The molecule has 3 heteroatoms. The van der Waals surface area contributed by atoms with Crippen molar-refractivity contribution in [1.82, 2.24) is 10.6 Å². The zero-order valence-electron chi connectivity index (χ0n) is 22.9. The van der Waals surface area contributed by atoms with Gasteiger partial charge in [0.2, 0.25) is 5.91 Å². The van der Waals surface area contributed by atoms with E-state index in [2.05, 4.69) is 102 Å². The third-order valence-electron chi connectivity index (χ3n) is 5.81. The Morgan fingerprint density at radius 2 is 1.28 bits per heavy atom. The second-order valence-electron chi connectivity index (χ2n) is 11.3. The summed E-state index contributed by atoms with van der Waals surface area (Å²) in [4.78, 5) is 13.9. The standard InChI is InChI=1S/C29H52N2O/c1-12-16-28(17-13-2,23-30-11)22-27(9,10)31-25(32)29(18-14-3,19-15-4)21-26(7,8)20-24(5)6/h12-19,24,30H,20-23H2,1-11H3,(H,31,32). The molecule has 0 bridgehead atoms. The summed E-state index contributed by atoms with van der Waals surface area (Å²) in [6.07, 6.45) is 19.6. The average Bonchev–Trinajstić information content (AvgIpc) is 2.60. The van der Waals surface area contributed by atoms with Gasteiger partial charge < -0.3 is 10.6 Å². The summed E-state index contributed by atoms with van der Waals surface area (Å²) < 4.78 is 0. The van der Waals surface area contributed by atoms with Crippen LogP contribution in [0.2, 0.25) is 0 Å². The second kappa shape index (κ2) is 13.2. The summed E-state index contributed by atoms with van der Waals surface area (Å²) in [7, 11) is 1.98. The lowest BCUT2D eigenvalue weighted by molar-refractivity contribution is -0.129. The SMILES string of the molecule is CC=CC(C=CC)(CNC)CC(C)(C)NC(=O)C(C=CC)(C=CC)CC(C)(C)CC(C)C. The Hall–Kier alpha value is -1.61. The third kappa shape index (κ3) is 9.90. The van der Waals surface area contributed by atoms with Gasteiger partial charge in [0.1, 0.15) is 0 Å². The highest BCUT2D eigenvalue weighted by molar-refractivity contribution is 5.87. The predicted molar refractivity (Wildman–Crippen MR) is 143 cm³/mol. The number of rotatable bonds is 14. The van der Waals surface area contributed by atoms with Crippen LogP contribution in [0.5, 0.6) is 0 Å². The van der Waals surface area contributed by atoms with Gasteiger partial charge in [-0.05, 0) is 79.2 Å². The Labute approximate surface area is 199 Å². The molecule has 184 valence electrons. The summed E-state index contributed by atoms with van der Waals surface area (Å²) >= 11 is 0.